The molecule has 1 saturated heterocycles. The summed E-state index contributed by atoms with van der Waals surface area (Å²) in [6.45, 7) is 0.839. The number of benzene rings is 1. The predicted molar refractivity (Wildman–Crippen MR) is 83.8 cm³/mol. The van der Waals surface area contributed by atoms with Crippen molar-refractivity contribution >= 4 is 29.1 Å². The Morgan fingerprint density at radius 3 is 2.77 bits per heavy atom. The van der Waals surface area contributed by atoms with Crippen molar-refractivity contribution < 1.29 is 9.53 Å². The van der Waals surface area contributed by atoms with Gasteiger partial charge in [0.05, 0.1) is 18.8 Å². The number of amides is 1. The van der Waals surface area contributed by atoms with Gasteiger partial charge in [-0.1, -0.05) is 0 Å². The molecule has 1 fully saturated rings. The Morgan fingerprint density at radius 1 is 1.41 bits per heavy atom. The van der Waals surface area contributed by atoms with Gasteiger partial charge >= 0.3 is 6.09 Å². The van der Waals surface area contributed by atoms with Gasteiger partial charge in [0.25, 0.3) is 0 Å². The molecule has 2 heterocycles. The Labute approximate surface area is 131 Å². The summed E-state index contributed by atoms with van der Waals surface area (Å²) in [5.41, 5.74) is 6.98. The number of nitrogens with one attached hydrogen (secondary N) is 1. The fourth-order valence-corrected chi connectivity index (χ4v) is 2.26. The van der Waals surface area contributed by atoms with Gasteiger partial charge in [0.2, 0.25) is 0 Å². The van der Waals surface area contributed by atoms with E-state index in [1.165, 1.54) is 6.33 Å². The molecule has 0 aliphatic carbocycles. The Hall–Kier alpha value is -2.68. The molecule has 1 aliphatic heterocycles. The van der Waals surface area contributed by atoms with Gasteiger partial charge in [-0.15, -0.1) is 0 Å². The first kappa shape index (κ1) is 14.3. The van der Waals surface area contributed by atoms with Gasteiger partial charge in [-0.25, -0.2) is 14.5 Å². The summed E-state index contributed by atoms with van der Waals surface area (Å²) in [5, 5.41) is 7.03. The van der Waals surface area contributed by atoms with Gasteiger partial charge in [0.1, 0.15) is 18.8 Å². The second-order valence-electron chi connectivity index (χ2n) is 4.72. The van der Waals surface area contributed by atoms with Gasteiger partial charge in [0, 0.05) is 5.69 Å². The monoisotopic (exact) mass is 318 g/mol. The zero-order chi connectivity index (χ0) is 15.5. The van der Waals surface area contributed by atoms with E-state index < -0.39 is 0 Å². The molecule has 114 valence electrons. The number of ether oxygens (including phenoxy) is 1. The van der Waals surface area contributed by atoms with Crippen LogP contribution < -0.4 is 16.0 Å². The molecule has 1 amide bonds. The normalized spacial score (nSPS) is 17.4. The highest BCUT2D eigenvalue weighted by molar-refractivity contribution is 7.80. The summed E-state index contributed by atoms with van der Waals surface area (Å²) in [6, 6.07) is 7.39. The van der Waals surface area contributed by atoms with E-state index in [-0.39, 0.29) is 17.3 Å². The average molecular weight is 318 g/mol. The number of nitrogens with zero attached hydrogens (tertiary/aromatic N) is 4. The number of aromatic nitrogens is 3. The van der Waals surface area contributed by atoms with Crippen molar-refractivity contribution in [2.24, 2.45) is 5.73 Å². The standard InChI is InChI=1S/C13H14N6O2S/c14-12(22)16-5-11-6-18(13(20)21-11)9-1-3-10(4-2-9)19-8-15-7-17-19/h1-4,7-8,11H,5-6H2,(H3,14,16,22). The fraction of sp³-hybridized carbons (Fsp3) is 0.231. The van der Waals surface area contributed by atoms with E-state index in [9.17, 15) is 4.79 Å². The summed E-state index contributed by atoms with van der Waals surface area (Å²) < 4.78 is 6.90. The van der Waals surface area contributed by atoms with Crippen LogP contribution in [0.1, 0.15) is 0 Å². The van der Waals surface area contributed by atoms with Gasteiger partial charge in [-0.3, -0.25) is 4.90 Å². The zero-order valence-corrected chi connectivity index (χ0v) is 12.4. The first-order valence-electron chi connectivity index (χ1n) is 6.60. The van der Waals surface area contributed by atoms with Crippen LogP contribution in [0.25, 0.3) is 5.69 Å². The van der Waals surface area contributed by atoms with Crippen LogP contribution in [-0.4, -0.2) is 45.2 Å². The number of nitrogens with two attached hydrogens (primary N) is 1. The van der Waals surface area contributed by atoms with Crippen molar-refractivity contribution in [2.75, 3.05) is 18.0 Å². The summed E-state index contributed by atoms with van der Waals surface area (Å²) in [5.74, 6) is 0. The van der Waals surface area contributed by atoms with Crippen LogP contribution in [0.5, 0.6) is 0 Å². The Morgan fingerprint density at radius 2 is 2.14 bits per heavy atom. The largest absolute Gasteiger partial charge is 0.442 e. The smallest absolute Gasteiger partial charge is 0.414 e. The summed E-state index contributed by atoms with van der Waals surface area (Å²) in [4.78, 5) is 17.4. The molecule has 0 radical (unpaired) electrons. The molecular formula is C13H14N6O2S. The molecule has 8 nitrogen and oxygen atoms in total. The lowest BCUT2D eigenvalue weighted by Gasteiger charge is -2.13. The van der Waals surface area contributed by atoms with E-state index in [0.29, 0.717) is 13.1 Å². The highest BCUT2D eigenvalue weighted by Crippen LogP contribution is 2.22. The van der Waals surface area contributed by atoms with E-state index in [0.717, 1.165) is 11.4 Å². The number of thiocarbonyl (C=S) groups is 1. The van der Waals surface area contributed by atoms with E-state index in [2.05, 4.69) is 15.4 Å². The SMILES string of the molecule is NC(=S)NCC1CN(c2ccc(-n3cncn3)cc2)C(=O)O1. The minimum atomic E-state index is -0.386. The quantitative estimate of drug-likeness (QED) is 0.789. The summed E-state index contributed by atoms with van der Waals surface area (Å²) in [6.07, 6.45) is 2.40. The predicted octanol–water partition coefficient (Wildman–Crippen LogP) is 0.426. The van der Waals surface area contributed by atoms with Crippen molar-refractivity contribution in [1.29, 1.82) is 0 Å². The molecule has 3 rings (SSSR count). The number of hydrogen-bond acceptors (Lipinski definition) is 5. The lowest BCUT2D eigenvalue weighted by atomic mass is 10.2. The molecule has 1 unspecified atom stereocenters. The van der Waals surface area contributed by atoms with E-state index in [1.54, 1.807) is 15.9 Å². The third-order valence-corrected chi connectivity index (χ3v) is 3.37. The minimum Gasteiger partial charge on any atom is -0.442 e. The van der Waals surface area contributed by atoms with E-state index >= 15 is 0 Å². The van der Waals surface area contributed by atoms with E-state index in [1.807, 2.05) is 24.3 Å². The van der Waals surface area contributed by atoms with Gasteiger partial charge in [-0.2, -0.15) is 5.10 Å². The fourth-order valence-electron chi connectivity index (χ4n) is 2.18. The Balaban J connectivity index is 1.69. The molecule has 2 aromatic rings. The lowest BCUT2D eigenvalue weighted by Crippen LogP contribution is -2.37. The maximum atomic E-state index is 11.9. The number of carbonyl (C=O) groups excluding carboxylic acids is 1. The molecule has 1 atom stereocenters. The molecular weight excluding hydrogens is 304 g/mol. The van der Waals surface area contributed by atoms with Crippen LogP contribution in [-0.2, 0) is 4.74 Å². The maximum Gasteiger partial charge on any atom is 0.414 e. The minimum absolute atomic E-state index is 0.187. The van der Waals surface area contributed by atoms with Crippen molar-refractivity contribution in [1.82, 2.24) is 20.1 Å². The second-order valence-corrected chi connectivity index (χ2v) is 5.16. The lowest BCUT2D eigenvalue weighted by molar-refractivity contribution is 0.143. The van der Waals surface area contributed by atoms with Crippen molar-refractivity contribution in [3.8, 4) is 5.69 Å². The molecule has 0 bridgehead atoms. The number of hydrogen-bond donors (Lipinski definition) is 2. The molecule has 3 N–H and O–H groups in total. The topological polar surface area (TPSA) is 98.3 Å². The van der Waals surface area contributed by atoms with Gasteiger partial charge < -0.3 is 15.8 Å². The zero-order valence-electron chi connectivity index (χ0n) is 11.5. The maximum absolute atomic E-state index is 11.9. The second kappa shape index (κ2) is 5.98. The first-order chi connectivity index (χ1) is 10.6. The molecule has 1 aromatic carbocycles. The molecule has 1 aromatic heterocycles. The van der Waals surface area contributed by atoms with Crippen LogP contribution in [0.3, 0.4) is 0 Å². The van der Waals surface area contributed by atoms with Crippen molar-refractivity contribution in [3.05, 3.63) is 36.9 Å². The third kappa shape index (κ3) is 2.98. The third-order valence-electron chi connectivity index (χ3n) is 3.22. The van der Waals surface area contributed by atoms with Crippen LogP contribution in [0, 0.1) is 0 Å². The van der Waals surface area contributed by atoms with E-state index in [4.69, 9.17) is 22.7 Å². The van der Waals surface area contributed by atoms with Gasteiger partial charge in [-0.05, 0) is 36.5 Å². The number of cyclic esters (lactones) is 1. The Bertz CT molecular complexity index is 672. The molecule has 0 spiro atoms. The van der Waals surface area contributed by atoms with Crippen LogP contribution in [0.2, 0.25) is 0 Å². The molecule has 0 saturated carbocycles. The van der Waals surface area contributed by atoms with Crippen LogP contribution in [0.4, 0.5) is 10.5 Å². The highest BCUT2D eigenvalue weighted by Gasteiger charge is 2.32. The average Bonchev–Trinajstić information content (AvgIpc) is 3.15. The van der Waals surface area contributed by atoms with Gasteiger partial charge in [0.15, 0.2) is 5.11 Å². The van der Waals surface area contributed by atoms with Crippen LogP contribution >= 0.6 is 12.2 Å². The Kier molecular flexibility index (Phi) is 3.88. The molecule has 1 aliphatic rings. The first-order valence-corrected chi connectivity index (χ1v) is 7.01. The molecule has 9 heteroatoms. The summed E-state index contributed by atoms with van der Waals surface area (Å²) in [7, 11) is 0. The molecule has 22 heavy (non-hydrogen) atoms. The van der Waals surface area contributed by atoms with Crippen molar-refractivity contribution in [2.45, 2.75) is 6.10 Å². The number of carbonyl (C=O) groups is 1. The van der Waals surface area contributed by atoms with Crippen molar-refractivity contribution in [3.63, 3.8) is 0 Å². The number of anilines is 1. The highest BCUT2D eigenvalue weighted by atomic mass is 32.1. The number of rotatable bonds is 4. The van der Waals surface area contributed by atoms with Crippen LogP contribution in [0.15, 0.2) is 36.9 Å². The summed E-state index contributed by atoms with van der Waals surface area (Å²) >= 11 is 4.74.